The van der Waals surface area contributed by atoms with Crippen LogP contribution in [0, 0.1) is 0 Å². The Labute approximate surface area is 666 Å². The van der Waals surface area contributed by atoms with Crippen LogP contribution in [0.5, 0.6) is 0 Å². The molecule has 0 heterocycles. The monoisotopic (exact) mass is 1460 g/mol. The summed E-state index contributed by atoms with van der Waals surface area (Å²) in [6.07, 6.45) is 0. The average molecular weight is 1460 g/mol. The van der Waals surface area contributed by atoms with Crippen molar-refractivity contribution >= 4 is 116 Å². The van der Waals surface area contributed by atoms with Crippen LogP contribution >= 0.6 is 0 Å². The molecule has 0 atom stereocenters. The molecule has 0 spiro atoms. The number of anilines is 9. The van der Waals surface area contributed by atoms with Crippen LogP contribution in [0.4, 0.5) is 51.2 Å². The molecule has 0 bridgehead atoms. The van der Waals surface area contributed by atoms with E-state index < -0.39 is 0 Å². The summed E-state index contributed by atoms with van der Waals surface area (Å²) in [6.45, 7) is 14.3. The summed E-state index contributed by atoms with van der Waals surface area (Å²) >= 11 is 0. The Hall–Kier alpha value is -13.9. The van der Waals surface area contributed by atoms with E-state index in [-0.39, 0.29) is 16.2 Å². The Morgan fingerprint density at radius 2 is 0.351 bits per heavy atom. The zero-order valence-corrected chi connectivity index (χ0v) is 64.7. The quantitative estimate of drug-likeness (QED) is 0.113. The highest BCUT2D eigenvalue weighted by molar-refractivity contribution is 6.27. The molecule has 0 radical (unpaired) electrons. The van der Waals surface area contributed by atoms with Gasteiger partial charge in [0.1, 0.15) is 0 Å². The van der Waals surface area contributed by atoms with Crippen molar-refractivity contribution in [1.29, 1.82) is 0 Å². The van der Waals surface area contributed by atoms with Crippen molar-refractivity contribution in [2.24, 2.45) is 0 Å². The van der Waals surface area contributed by atoms with Gasteiger partial charge in [0.2, 0.25) is 0 Å². The summed E-state index contributed by atoms with van der Waals surface area (Å²) in [5.41, 5.74) is 32.2. The maximum Gasteiger partial charge on any atom is 0.0618 e. The first kappa shape index (κ1) is 67.1. The highest BCUT2D eigenvalue weighted by Gasteiger charge is 2.40. The molecule has 19 aromatic rings. The number of rotatable bonds is 12. The molecule has 3 heteroatoms. The second-order valence-corrected chi connectivity index (χ2v) is 33.0. The van der Waals surface area contributed by atoms with Gasteiger partial charge in [0, 0.05) is 82.7 Å². The Balaban J connectivity index is 0.826. The lowest BCUT2D eigenvalue weighted by Crippen LogP contribution is -2.17. The molecule has 540 valence electrons. The van der Waals surface area contributed by atoms with Gasteiger partial charge >= 0.3 is 0 Å². The van der Waals surface area contributed by atoms with Gasteiger partial charge in [-0.3, -0.25) is 0 Å². The maximum atomic E-state index is 2.54. The third-order valence-corrected chi connectivity index (χ3v) is 25.7. The Morgan fingerprint density at radius 1 is 0.158 bits per heavy atom. The molecular weight excluding hydrogens is 1380 g/mol. The molecule has 0 saturated heterocycles. The molecular formula is C111H81N3. The molecule has 0 fully saturated rings. The molecule has 3 aliphatic rings. The Bertz CT molecular complexity index is 6340. The first-order valence-electron chi connectivity index (χ1n) is 40.1. The highest BCUT2D eigenvalue weighted by atomic mass is 15.2. The topological polar surface area (TPSA) is 9.72 Å². The van der Waals surface area contributed by atoms with E-state index in [0.29, 0.717) is 0 Å². The summed E-state index contributed by atoms with van der Waals surface area (Å²) in [5.74, 6) is 0. The zero-order valence-electron chi connectivity index (χ0n) is 64.7. The van der Waals surface area contributed by atoms with Crippen LogP contribution in [0.1, 0.15) is 74.9 Å². The number of hydrogen-bond acceptors (Lipinski definition) is 3. The van der Waals surface area contributed by atoms with E-state index in [0.717, 1.165) is 133 Å². The molecule has 0 saturated carbocycles. The Morgan fingerprint density at radius 3 is 0.588 bits per heavy atom. The summed E-state index contributed by atoms with van der Waals surface area (Å²) < 4.78 is 0. The predicted octanol–water partition coefficient (Wildman–Crippen LogP) is 30.9. The van der Waals surface area contributed by atoms with Crippen molar-refractivity contribution in [1.82, 2.24) is 0 Å². The lowest BCUT2D eigenvalue weighted by Gasteiger charge is -2.31. The fourth-order valence-corrected chi connectivity index (χ4v) is 20.5. The van der Waals surface area contributed by atoms with E-state index in [1.54, 1.807) is 0 Å². The van der Waals surface area contributed by atoms with E-state index in [4.69, 9.17) is 0 Å². The van der Waals surface area contributed by atoms with Gasteiger partial charge in [-0.25, -0.2) is 0 Å². The second kappa shape index (κ2) is 25.6. The minimum absolute atomic E-state index is 0.210. The van der Waals surface area contributed by atoms with Gasteiger partial charge in [-0.2, -0.15) is 0 Å². The van der Waals surface area contributed by atoms with Crippen LogP contribution in [0.25, 0.3) is 131 Å². The van der Waals surface area contributed by atoms with Crippen LogP contribution in [0.15, 0.2) is 382 Å². The minimum Gasteiger partial charge on any atom is -0.309 e. The third-order valence-electron chi connectivity index (χ3n) is 25.7. The minimum atomic E-state index is -0.210. The van der Waals surface area contributed by atoms with Crippen molar-refractivity contribution in [2.75, 3.05) is 14.7 Å². The first-order chi connectivity index (χ1) is 55.9. The molecule has 114 heavy (non-hydrogen) atoms. The first-order valence-corrected chi connectivity index (χ1v) is 40.1. The van der Waals surface area contributed by atoms with E-state index in [2.05, 4.69) is 438 Å². The number of fused-ring (bicyclic) bond motifs is 15. The van der Waals surface area contributed by atoms with Crippen molar-refractivity contribution < 1.29 is 0 Å². The van der Waals surface area contributed by atoms with Crippen molar-refractivity contribution in [3.63, 3.8) is 0 Å². The highest BCUT2D eigenvalue weighted by Crippen LogP contribution is 2.59. The van der Waals surface area contributed by atoms with Crippen LogP contribution in [-0.2, 0) is 16.2 Å². The maximum absolute atomic E-state index is 2.54. The molecule has 22 rings (SSSR count). The van der Waals surface area contributed by atoms with E-state index >= 15 is 0 Å². The molecule has 0 aromatic heterocycles. The fraction of sp³-hybridized carbons (Fsp3) is 0.0811. The molecule has 3 nitrogen and oxygen atoms in total. The van der Waals surface area contributed by atoms with Crippen LogP contribution in [0.3, 0.4) is 0 Å². The van der Waals surface area contributed by atoms with Crippen LogP contribution < -0.4 is 14.7 Å². The van der Waals surface area contributed by atoms with E-state index in [1.807, 2.05) is 0 Å². The second-order valence-electron chi connectivity index (χ2n) is 33.0. The lowest BCUT2D eigenvalue weighted by atomic mass is 9.82. The van der Waals surface area contributed by atoms with Gasteiger partial charge in [-0.1, -0.05) is 333 Å². The summed E-state index contributed by atoms with van der Waals surface area (Å²) in [4.78, 5) is 7.62. The van der Waals surface area contributed by atoms with Gasteiger partial charge < -0.3 is 14.7 Å². The molecule has 0 unspecified atom stereocenters. The Kier molecular flexibility index (Phi) is 15.1. The third kappa shape index (κ3) is 10.0. The molecule has 0 N–H and O–H groups in total. The van der Waals surface area contributed by atoms with Gasteiger partial charge in [0.05, 0.1) is 17.1 Å². The standard InChI is InChI=1S/C111H81N3/c1-109(2)97-55-31-28-40-79(97)82-61-58-76(67-100(82)109)112(73-34-10-7-11-35-73)106-91-49-22-16-43-85(91)103(86-44-17-23-50-92(86)106)70-64-71(104-87-45-18-24-51-93(87)107(94-52-25-19-46-88(94)104)113(74-36-12-8-13-37-74)77-59-62-83-80-41-29-32-56-98(80)110(3,4)101(83)68-77)66-72(65-70)105-89-47-20-26-53-95(89)108(96-54-27-21-48-90(96)105)114(75-38-14-9-15-39-75)78-60-63-84-81-42-30-33-57-99(81)111(5,6)102(84)69-78/h7-69H,1-6H3. The molecule has 19 aromatic carbocycles. The molecule has 3 aliphatic carbocycles. The van der Waals surface area contributed by atoms with Gasteiger partial charge in [-0.05, 0) is 223 Å². The van der Waals surface area contributed by atoms with Crippen molar-refractivity contribution in [3.8, 4) is 66.8 Å². The smallest absolute Gasteiger partial charge is 0.0618 e. The summed E-state index contributed by atoms with van der Waals surface area (Å²) in [7, 11) is 0. The van der Waals surface area contributed by atoms with Gasteiger partial charge in [-0.15, -0.1) is 0 Å². The van der Waals surface area contributed by atoms with E-state index in [1.165, 1.54) is 83.5 Å². The normalized spacial score (nSPS) is 13.7. The van der Waals surface area contributed by atoms with Crippen molar-refractivity contribution in [3.05, 3.63) is 416 Å². The number of nitrogens with zero attached hydrogens (tertiary/aromatic N) is 3. The fourth-order valence-electron chi connectivity index (χ4n) is 20.5. The summed E-state index contributed by atoms with van der Waals surface area (Å²) in [6, 6.07) is 145. The number of para-hydroxylation sites is 3. The number of benzene rings is 19. The van der Waals surface area contributed by atoms with Crippen LogP contribution in [-0.4, -0.2) is 0 Å². The predicted molar refractivity (Wildman–Crippen MR) is 485 cm³/mol. The SMILES string of the molecule is CC1(C)c2ccccc2-c2ccc(N(c3ccccc3)c3c4ccccc4c(-c4cc(-c5c6ccccc6c(N(c6ccccc6)c6ccc7c(c6)C(C)(C)c6ccccc6-7)c6ccccc56)cc(-c5c6ccccc6c(N(c6ccccc6)c6ccc7c(c6)C(C)(C)c6ccccc6-7)c6ccccc56)c4)c4ccccc34)cc21. The zero-order chi connectivity index (χ0) is 76.3. The van der Waals surface area contributed by atoms with Gasteiger partial charge in [0.25, 0.3) is 0 Å². The van der Waals surface area contributed by atoms with E-state index in [9.17, 15) is 0 Å². The number of hydrogen-bond donors (Lipinski definition) is 0. The van der Waals surface area contributed by atoms with Crippen LogP contribution in [0.2, 0.25) is 0 Å². The lowest BCUT2D eigenvalue weighted by molar-refractivity contribution is 0.660. The van der Waals surface area contributed by atoms with Gasteiger partial charge in [0.15, 0.2) is 0 Å². The summed E-state index contributed by atoms with van der Waals surface area (Å²) in [5, 5.41) is 13.9. The largest absolute Gasteiger partial charge is 0.309 e. The average Bonchev–Trinajstić information content (AvgIpc) is 1.04. The van der Waals surface area contributed by atoms with Crippen molar-refractivity contribution in [2.45, 2.75) is 57.8 Å². The molecule has 0 aliphatic heterocycles. The molecule has 0 amide bonds.